The molecule has 1 aromatic heterocycles. The molecular weight excluding hydrogens is 296 g/mol. The Kier molecular flexibility index (Phi) is 5.41. The molecule has 0 aliphatic carbocycles. The van der Waals surface area contributed by atoms with Gasteiger partial charge in [-0.2, -0.15) is 0 Å². The highest BCUT2D eigenvalue weighted by Crippen LogP contribution is 2.15. The van der Waals surface area contributed by atoms with Gasteiger partial charge in [0.15, 0.2) is 0 Å². The predicted octanol–water partition coefficient (Wildman–Crippen LogP) is 2.72. The number of hydrogen-bond donors (Lipinski definition) is 1. The summed E-state index contributed by atoms with van der Waals surface area (Å²) in [5.74, 6) is 0.521. The summed E-state index contributed by atoms with van der Waals surface area (Å²) >= 11 is 0. The topological polar surface area (TPSA) is 71.8 Å². The van der Waals surface area contributed by atoms with E-state index in [1.54, 1.807) is 24.9 Å². The minimum atomic E-state index is -0.454. The minimum Gasteiger partial charge on any atom is -0.465 e. The van der Waals surface area contributed by atoms with E-state index >= 15 is 0 Å². The molecule has 0 aliphatic rings. The number of esters is 1. The van der Waals surface area contributed by atoms with Crippen LogP contribution < -0.4 is 5.32 Å². The maximum Gasteiger partial charge on any atom is 0.341 e. The molecule has 0 unspecified atom stereocenters. The number of rotatable bonds is 5. The smallest absolute Gasteiger partial charge is 0.341 e. The third-order valence-corrected chi connectivity index (χ3v) is 3.40. The summed E-state index contributed by atoms with van der Waals surface area (Å²) in [5.41, 5.74) is 1.42. The summed E-state index contributed by atoms with van der Waals surface area (Å²) in [6.07, 6.45) is 0. The maximum absolute atomic E-state index is 12.1. The third kappa shape index (κ3) is 4.35. The van der Waals surface area contributed by atoms with Crippen LogP contribution in [0.4, 0.5) is 4.79 Å². The van der Waals surface area contributed by atoms with Gasteiger partial charge in [0, 0.05) is 13.6 Å². The van der Waals surface area contributed by atoms with Crippen molar-refractivity contribution in [3.63, 3.8) is 0 Å². The fourth-order valence-corrected chi connectivity index (χ4v) is 2.17. The van der Waals surface area contributed by atoms with Crippen LogP contribution in [0.2, 0.25) is 0 Å². The van der Waals surface area contributed by atoms with Crippen LogP contribution in [-0.4, -0.2) is 31.1 Å². The van der Waals surface area contributed by atoms with Gasteiger partial charge in [0.2, 0.25) is 0 Å². The Morgan fingerprint density at radius 1 is 1.26 bits per heavy atom. The summed E-state index contributed by atoms with van der Waals surface area (Å²) < 4.78 is 10.1. The van der Waals surface area contributed by atoms with E-state index in [1.165, 1.54) is 7.11 Å². The van der Waals surface area contributed by atoms with Crippen LogP contribution in [-0.2, 0) is 17.8 Å². The molecule has 2 rings (SSSR count). The van der Waals surface area contributed by atoms with Crippen LogP contribution in [0.25, 0.3) is 0 Å². The van der Waals surface area contributed by atoms with Crippen LogP contribution in [0.15, 0.2) is 40.8 Å². The van der Waals surface area contributed by atoms with Gasteiger partial charge in [-0.15, -0.1) is 0 Å². The molecule has 6 heteroatoms. The first kappa shape index (κ1) is 16.6. The first-order valence-electron chi connectivity index (χ1n) is 7.21. The lowest BCUT2D eigenvalue weighted by molar-refractivity contribution is 0.0598. The Morgan fingerprint density at radius 2 is 1.96 bits per heavy atom. The van der Waals surface area contributed by atoms with E-state index in [-0.39, 0.29) is 12.6 Å². The van der Waals surface area contributed by atoms with Gasteiger partial charge in [-0.25, -0.2) is 9.59 Å². The number of benzene rings is 1. The molecule has 1 heterocycles. The molecule has 0 radical (unpaired) electrons. The zero-order valence-corrected chi connectivity index (χ0v) is 13.5. The Labute approximate surface area is 135 Å². The molecule has 6 nitrogen and oxygen atoms in total. The number of hydrogen-bond acceptors (Lipinski definition) is 4. The standard InChI is InChI=1S/C17H20N2O4/c1-12-15(16(20)22-3)9-14(23-12)10-18-17(21)19(2)11-13-7-5-4-6-8-13/h4-9H,10-11H2,1-3H3,(H,18,21). The minimum absolute atomic E-state index is 0.204. The summed E-state index contributed by atoms with van der Waals surface area (Å²) in [6.45, 7) is 2.40. The van der Waals surface area contributed by atoms with Crippen LogP contribution >= 0.6 is 0 Å². The highest BCUT2D eigenvalue weighted by Gasteiger charge is 2.16. The van der Waals surface area contributed by atoms with Gasteiger partial charge in [0.25, 0.3) is 0 Å². The molecule has 0 bridgehead atoms. The first-order chi connectivity index (χ1) is 11.0. The average molecular weight is 316 g/mol. The van der Waals surface area contributed by atoms with Crippen molar-refractivity contribution >= 4 is 12.0 Å². The summed E-state index contributed by atoms with van der Waals surface area (Å²) in [5, 5.41) is 2.76. The monoisotopic (exact) mass is 316 g/mol. The van der Waals surface area contributed by atoms with Crippen molar-refractivity contribution in [2.75, 3.05) is 14.2 Å². The Hall–Kier alpha value is -2.76. The average Bonchev–Trinajstić information content (AvgIpc) is 2.93. The van der Waals surface area contributed by atoms with Gasteiger partial charge >= 0.3 is 12.0 Å². The second-order valence-corrected chi connectivity index (χ2v) is 5.17. The van der Waals surface area contributed by atoms with Crippen molar-refractivity contribution in [3.05, 3.63) is 59.0 Å². The molecule has 0 atom stereocenters. The summed E-state index contributed by atoms with van der Waals surface area (Å²) in [4.78, 5) is 25.2. The molecule has 0 aliphatic heterocycles. The molecule has 1 N–H and O–H groups in total. The number of urea groups is 1. The Bertz CT molecular complexity index is 679. The zero-order valence-electron chi connectivity index (χ0n) is 13.5. The lowest BCUT2D eigenvalue weighted by Crippen LogP contribution is -2.36. The van der Waals surface area contributed by atoms with Gasteiger partial charge in [-0.1, -0.05) is 30.3 Å². The van der Waals surface area contributed by atoms with E-state index in [0.717, 1.165) is 5.56 Å². The quantitative estimate of drug-likeness (QED) is 0.861. The van der Waals surface area contributed by atoms with Gasteiger partial charge in [-0.3, -0.25) is 0 Å². The van der Waals surface area contributed by atoms with Crippen LogP contribution in [0.5, 0.6) is 0 Å². The normalized spacial score (nSPS) is 10.2. The first-order valence-corrected chi connectivity index (χ1v) is 7.21. The number of carbonyl (C=O) groups is 2. The molecule has 0 fully saturated rings. The number of nitrogens with one attached hydrogen (secondary N) is 1. The molecular formula is C17H20N2O4. The fourth-order valence-electron chi connectivity index (χ4n) is 2.17. The van der Waals surface area contributed by atoms with Crippen molar-refractivity contribution in [2.24, 2.45) is 0 Å². The number of carbonyl (C=O) groups excluding carboxylic acids is 2. The molecule has 2 amide bonds. The van der Waals surface area contributed by atoms with Crippen LogP contribution in [0.3, 0.4) is 0 Å². The van der Waals surface area contributed by atoms with Crippen molar-refractivity contribution in [1.82, 2.24) is 10.2 Å². The number of furan rings is 1. The molecule has 122 valence electrons. The van der Waals surface area contributed by atoms with Crippen molar-refractivity contribution in [3.8, 4) is 0 Å². The molecule has 0 spiro atoms. The number of nitrogens with zero attached hydrogens (tertiary/aromatic N) is 1. The summed E-state index contributed by atoms with van der Waals surface area (Å²) in [7, 11) is 3.03. The van der Waals surface area contributed by atoms with E-state index in [0.29, 0.717) is 23.6 Å². The van der Waals surface area contributed by atoms with Gasteiger partial charge in [-0.05, 0) is 18.6 Å². The van der Waals surface area contributed by atoms with E-state index in [2.05, 4.69) is 10.1 Å². The SMILES string of the molecule is COC(=O)c1cc(CNC(=O)N(C)Cc2ccccc2)oc1C. The third-order valence-electron chi connectivity index (χ3n) is 3.40. The maximum atomic E-state index is 12.1. The number of amides is 2. The number of ether oxygens (including phenoxy) is 1. The highest BCUT2D eigenvalue weighted by molar-refractivity contribution is 5.90. The highest BCUT2D eigenvalue weighted by atomic mass is 16.5. The molecule has 23 heavy (non-hydrogen) atoms. The van der Waals surface area contributed by atoms with Crippen LogP contribution in [0, 0.1) is 6.92 Å². The second kappa shape index (κ2) is 7.49. The van der Waals surface area contributed by atoms with Crippen LogP contribution in [0.1, 0.15) is 27.4 Å². The molecule has 1 aromatic carbocycles. The van der Waals surface area contributed by atoms with Gasteiger partial charge < -0.3 is 19.4 Å². The van der Waals surface area contributed by atoms with Crippen molar-refractivity contribution in [2.45, 2.75) is 20.0 Å². The summed E-state index contributed by atoms with van der Waals surface area (Å²) in [6, 6.07) is 11.1. The van der Waals surface area contributed by atoms with E-state index in [1.807, 2.05) is 30.3 Å². The van der Waals surface area contributed by atoms with E-state index < -0.39 is 5.97 Å². The lowest BCUT2D eigenvalue weighted by atomic mass is 10.2. The zero-order chi connectivity index (χ0) is 16.8. The lowest BCUT2D eigenvalue weighted by Gasteiger charge is -2.17. The molecule has 0 saturated carbocycles. The predicted molar refractivity (Wildman–Crippen MR) is 84.9 cm³/mol. The Morgan fingerprint density at radius 3 is 2.61 bits per heavy atom. The van der Waals surface area contributed by atoms with Crippen molar-refractivity contribution in [1.29, 1.82) is 0 Å². The van der Waals surface area contributed by atoms with E-state index in [4.69, 9.17) is 4.42 Å². The van der Waals surface area contributed by atoms with Crippen molar-refractivity contribution < 1.29 is 18.7 Å². The second-order valence-electron chi connectivity index (χ2n) is 5.17. The number of aryl methyl sites for hydroxylation is 1. The van der Waals surface area contributed by atoms with E-state index in [9.17, 15) is 9.59 Å². The number of methoxy groups -OCH3 is 1. The fraction of sp³-hybridized carbons (Fsp3) is 0.294. The largest absolute Gasteiger partial charge is 0.465 e. The van der Waals surface area contributed by atoms with Gasteiger partial charge in [0.1, 0.15) is 17.1 Å². The Balaban J connectivity index is 1.90. The molecule has 2 aromatic rings. The van der Waals surface area contributed by atoms with Gasteiger partial charge in [0.05, 0.1) is 13.7 Å². The molecule has 0 saturated heterocycles.